The highest BCUT2D eigenvalue weighted by Gasteiger charge is 2.40. The molecule has 0 bridgehead atoms. The van der Waals surface area contributed by atoms with Crippen LogP contribution in [-0.2, 0) is 0 Å². The molecule has 0 aliphatic heterocycles. The summed E-state index contributed by atoms with van der Waals surface area (Å²) in [6, 6.07) is -1.13. The number of aromatic hydroxyl groups is 2. The number of amides is 2. The van der Waals surface area contributed by atoms with Crippen LogP contribution in [0, 0.1) is 6.92 Å². The van der Waals surface area contributed by atoms with E-state index in [9.17, 15) is 34.8 Å². The van der Waals surface area contributed by atoms with Crippen molar-refractivity contribution in [3.05, 3.63) is 28.2 Å². The number of benzene rings is 1. The SMILES string of the molecule is Cc1c(O)c2c(c(O)c1ONC(N)=O)C(=O)C(O)=C(O)C2=O. The Kier molecular flexibility index (Phi) is 3.29. The number of urea groups is 1. The van der Waals surface area contributed by atoms with Crippen LogP contribution >= 0.6 is 0 Å². The van der Waals surface area contributed by atoms with Crippen molar-refractivity contribution in [2.75, 3.05) is 0 Å². The second-order valence-corrected chi connectivity index (χ2v) is 4.33. The number of nitrogens with two attached hydrogens (primary N) is 1. The molecule has 2 rings (SSSR count). The Bertz CT molecular complexity index is 765. The predicted molar refractivity (Wildman–Crippen MR) is 68.8 cm³/mol. The summed E-state index contributed by atoms with van der Waals surface area (Å²) in [7, 11) is 0. The zero-order valence-corrected chi connectivity index (χ0v) is 11.0. The van der Waals surface area contributed by atoms with Gasteiger partial charge in [0, 0.05) is 5.56 Å². The van der Waals surface area contributed by atoms with Crippen molar-refractivity contribution in [1.82, 2.24) is 5.48 Å². The van der Waals surface area contributed by atoms with Crippen LogP contribution in [-0.4, -0.2) is 38.0 Å². The van der Waals surface area contributed by atoms with Crippen LogP contribution in [0.5, 0.6) is 17.2 Å². The summed E-state index contributed by atoms with van der Waals surface area (Å²) in [6.45, 7) is 1.21. The molecule has 0 spiro atoms. The fourth-order valence-electron chi connectivity index (χ4n) is 1.94. The van der Waals surface area contributed by atoms with E-state index in [1.807, 2.05) is 0 Å². The molecule has 1 aromatic rings. The predicted octanol–water partition coefficient (Wildman–Crippen LogP) is 0.0749. The first-order valence-corrected chi connectivity index (χ1v) is 5.70. The number of aliphatic hydroxyl groups is 2. The van der Waals surface area contributed by atoms with E-state index in [0.29, 0.717) is 0 Å². The summed E-state index contributed by atoms with van der Waals surface area (Å²) in [5, 5.41) is 38.8. The van der Waals surface area contributed by atoms with E-state index in [1.165, 1.54) is 6.92 Å². The van der Waals surface area contributed by atoms with E-state index in [0.717, 1.165) is 0 Å². The Balaban J connectivity index is 2.74. The maximum atomic E-state index is 11.9. The number of allylic oxidation sites excluding steroid dienone is 2. The number of Topliss-reactive ketones (excluding diaryl/α,β-unsaturated/α-hetero) is 2. The molecule has 0 radical (unpaired) electrons. The number of phenolic OH excluding ortho intramolecular Hbond substituents is 2. The molecule has 7 N–H and O–H groups in total. The molecule has 116 valence electrons. The van der Waals surface area contributed by atoms with E-state index in [-0.39, 0.29) is 5.56 Å². The van der Waals surface area contributed by atoms with Gasteiger partial charge in [0.2, 0.25) is 28.8 Å². The lowest BCUT2D eigenvalue weighted by molar-refractivity contribution is 0.0874. The standard InChI is InChI=1S/C12H10N2O8/c1-2-5(15)3-4(7(17)10(20)9(19)6(3)16)8(18)11(2)22-14-12(13)21/h15,18-20H,1H3,(H3,13,14,21). The Morgan fingerprint density at radius 2 is 1.45 bits per heavy atom. The van der Waals surface area contributed by atoms with Crippen molar-refractivity contribution < 1.29 is 39.6 Å². The van der Waals surface area contributed by atoms with E-state index in [1.54, 1.807) is 5.48 Å². The molecule has 10 nitrogen and oxygen atoms in total. The first-order chi connectivity index (χ1) is 10.2. The first kappa shape index (κ1) is 15.0. The monoisotopic (exact) mass is 310 g/mol. The third kappa shape index (κ3) is 1.93. The minimum absolute atomic E-state index is 0.208. The quantitative estimate of drug-likeness (QED) is 0.328. The van der Waals surface area contributed by atoms with Gasteiger partial charge in [-0.05, 0) is 6.92 Å². The Labute approximate surface area is 122 Å². The van der Waals surface area contributed by atoms with Gasteiger partial charge in [-0.3, -0.25) is 9.59 Å². The normalized spacial score (nSPS) is 13.9. The number of hydrogen-bond donors (Lipinski definition) is 6. The zero-order valence-electron chi connectivity index (χ0n) is 11.0. The van der Waals surface area contributed by atoms with Crippen LogP contribution in [0.2, 0.25) is 0 Å². The van der Waals surface area contributed by atoms with Gasteiger partial charge in [0.15, 0.2) is 5.75 Å². The lowest BCUT2D eigenvalue weighted by Gasteiger charge is -2.20. The molecule has 0 atom stereocenters. The topological polar surface area (TPSA) is 179 Å². The van der Waals surface area contributed by atoms with Gasteiger partial charge < -0.3 is 31.0 Å². The fraction of sp³-hybridized carbons (Fsp3) is 0.0833. The molecule has 0 heterocycles. The number of fused-ring (bicyclic) bond motifs is 1. The number of nitrogens with one attached hydrogen (secondary N) is 1. The molecule has 0 saturated carbocycles. The minimum Gasteiger partial charge on any atom is -0.507 e. The highest BCUT2D eigenvalue weighted by atomic mass is 16.7. The van der Waals surface area contributed by atoms with E-state index < -0.39 is 57.5 Å². The van der Waals surface area contributed by atoms with Gasteiger partial charge in [-0.25, -0.2) is 4.79 Å². The molecule has 2 amide bonds. The third-order valence-electron chi connectivity index (χ3n) is 3.00. The van der Waals surface area contributed by atoms with Crippen LogP contribution in [0.3, 0.4) is 0 Å². The Morgan fingerprint density at radius 3 is 1.91 bits per heavy atom. The van der Waals surface area contributed by atoms with Crippen molar-refractivity contribution in [3.63, 3.8) is 0 Å². The summed E-state index contributed by atoms with van der Waals surface area (Å²) < 4.78 is 0. The van der Waals surface area contributed by atoms with Crippen molar-refractivity contribution in [2.45, 2.75) is 6.92 Å². The molecular formula is C12H10N2O8. The number of rotatable bonds is 2. The van der Waals surface area contributed by atoms with Gasteiger partial charge in [-0.15, -0.1) is 0 Å². The van der Waals surface area contributed by atoms with Gasteiger partial charge >= 0.3 is 6.03 Å². The molecule has 1 aliphatic rings. The number of ketones is 2. The summed E-state index contributed by atoms with van der Waals surface area (Å²) in [5.41, 5.74) is 4.78. The average Bonchev–Trinajstić information content (AvgIpc) is 2.46. The van der Waals surface area contributed by atoms with Gasteiger partial charge in [-0.2, -0.15) is 5.48 Å². The van der Waals surface area contributed by atoms with Gasteiger partial charge in [0.05, 0.1) is 11.1 Å². The second kappa shape index (κ2) is 4.84. The Hall–Kier alpha value is -3.43. The molecule has 1 aromatic carbocycles. The third-order valence-corrected chi connectivity index (χ3v) is 3.00. The smallest absolute Gasteiger partial charge is 0.345 e. The van der Waals surface area contributed by atoms with Gasteiger partial charge in [-0.1, -0.05) is 0 Å². The molecule has 22 heavy (non-hydrogen) atoms. The van der Waals surface area contributed by atoms with Crippen LogP contribution in [0.15, 0.2) is 11.5 Å². The summed E-state index contributed by atoms with van der Waals surface area (Å²) in [4.78, 5) is 39.0. The van der Waals surface area contributed by atoms with Crippen LogP contribution < -0.4 is 16.1 Å². The fourth-order valence-corrected chi connectivity index (χ4v) is 1.94. The highest BCUT2D eigenvalue weighted by molar-refractivity contribution is 6.27. The van der Waals surface area contributed by atoms with E-state index >= 15 is 0 Å². The summed E-state index contributed by atoms with van der Waals surface area (Å²) in [6.07, 6.45) is 0. The molecule has 0 saturated heterocycles. The van der Waals surface area contributed by atoms with Gasteiger partial charge in [0.1, 0.15) is 5.75 Å². The molecule has 10 heteroatoms. The molecule has 1 aliphatic carbocycles. The average molecular weight is 310 g/mol. The number of hydroxylamine groups is 1. The molecule has 0 unspecified atom stereocenters. The molecular weight excluding hydrogens is 300 g/mol. The van der Waals surface area contributed by atoms with Crippen molar-refractivity contribution in [1.29, 1.82) is 0 Å². The van der Waals surface area contributed by atoms with E-state index in [4.69, 9.17) is 5.73 Å². The molecule has 0 aromatic heterocycles. The van der Waals surface area contributed by atoms with Crippen molar-refractivity contribution in [2.24, 2.45) is 5.73 Å². The van der Waals surface area contributed by atoms with Crippen molar-refractivity contribution >= 4 is 17.6 Å². The maximum absolute atomic E-state index is 11.9. The van der Waals surface area contributed by atoms with Crippen LogP contribution in [0.1, 0.15) is 26.3 Å². The van der Waals surface area contributed by atoms with Gasteiger partial charge in [0.25, 0.3) is 0 Å². The molecule has 0 fully saturated rings. The number of hydrogen-bond acceptors (Lipinski definition) is 8. The largest absolute Gasteiger partial charge is 0.507 e. The first-order valence-electron chi connectivity index (χ1n) is 5.70. The van der Waals surface area contributed by atoms with Crippen LogP contribution in [0.4, 0.5) is 4.79 Å². The summed E-state index contributed by atoms with van der Waals surface area (Å²) in [5.74, 6) is -7.34. The lowest BCUT2D eigenvalue weighted by atomic mass is 9.88. The number of aliphatic hydroxyl groups excluding tert-OH is 2. The number of primary amides is 1. The second-order valence-electron chi connectivity index (χ2n) is 4.33. The number of phenols is 2. The summed E-state index contributed by atoms with van der Waals surface area (Å²) >= 11 is 0. The highest BCUT2D eigenvalue weighted by Crippen LogP contribution is 2.45. The zero-order chi connectivity index (χ0) is 16.8. The van der Waals surface area contributed by atoms with Crippen LogP contribution in [0.25, 0.3) is 0 Å². The number of carbonyl (C=O) groups excluding carboxylic acids is 3. The maximum Gasteiger partial charge on any atom is 0.345 e. The number of carbonyl (C=O) groups is 3. The lowest BCUT2D eigenvalue weighted by Crippen LogP contribution is -2.32. The Morgan fingerprint density at radius 1 is 1.00 bits per heavy atom. The van der Waals surface area contributed by atoms with E-state index in [2.05, 4.69) is 4.84 Å². The van der Waals surface area contributed by atoms with Crippen molar-refractivity contribution in [3.8, 4) is 17.2 Å². The minimum atomic E-state index is -1.30.